The first kappa shape index (κ1) is 21.1. The van der Waals surface area contributed by atoms with Gasteiger partial charge in [-0.25, -0.2) is 17.6 Å². The molecular weight excluding hydrogens is 444 g/mol. The maximum absolute atomic E-state index is 13.8. The number of aromatic nitrogens is 2. The second-order valence-electron chi connectivity index (χ2n) is 7.58. The van der Waals surface area contributed by atoms with E-state index in [-0.39, 0.29) is 39.5 Å². The molecule has 1 heterocycles. The molecule has 4 nitrogen and oxygen atoms in total. The van der Waals surface area contributed by atoms with Crippen LogP contribution in [0.3, 0.4) is 0 Å². The van der Waals surface area contributed by atoms with Gasteiger partial charge in [0, 0.05) is 36.6 Å². The summed E-state index contributed by atoms with van der Waals surface area (Å²) in [7, 11) is -4.27. The maximum Gasteiger partial charge on any atom is 0.283 e. The zero-order valence-electron chi connectivity index (χ0n) is 15.7. The summed E-state index contributed by atoms with van der Waals surface area (Å²) < 4.78 is 81.6. The van der Waals surface area contributed by atoms with Crippen LogP contribution in [0.25, 0.3) is 10.9 Å². The molecule has 0 amide bonds. The quantitative estimate of drug-likeness (QED) is 0.453. The highest BCUT2D eigenvalue weighted by molar-refractivity contribution is 7.90. The highest BCUT2D eigenvalue weighted by atomic mass is 35.5. The molecule has 4 rings (SSSR count). The van der Waals surface area contributed by atoms with Gasteiger partial charge in [-0.3, -0.25) is 0 Å². The van der Waals surface area contributed by atoms with Gasteiger partial charge in [-0.05, 0) is 30.7 Å². The van der Waals surface area contributed by atoms with Crippen molar-refractivity contribution in [1.82, 2.24) is 9.19 Å². The van der Waals surface area contributed by atoms with Crippen LogP contribution in [0.2, 0.25) is 5.02 Å². The third-order valence-corrected chi connectivity index (χ3v) is 7.25. The molecule has 160 valence electrons. The van der Waals surface area contributed by atoms with Gasteiger partial charge < -0.3 is 0 Å². The lowest BCUT2D eigenvalue weighted by Crippen LogP contribution is -2.16. The van der Waals surface area contributed by atoms with Crippen LogP contribution in [0.5, 0.6) is 0 Å². The second kappa shape index (κ2) is 6.95. The van der Waals surface area contributed by atoms with Gasteiger partial charge >= 0.3 is 0 Å². The first-order valence-electron chi connectivity index (χ1n) is 9.19. The van der Waals surface area contributed by atoms with E-state index < -0.39 is 34.2 Å². The average molecular weight is 461 g/mol. The monoisotopic (exact) mass is 460 g/mol. The van der Waals surface area contributed by atoms with Crippen LogP contribution in [0.15, 0.2) is 47.4 Å². The van der Waals surface area contributed by atoms with Crippen LogP contribution >= 0.6 is 11.6 Å². The summed E-state index contributed by atoms with van der Waals surface area (Å²) in [5.74, 6) is -6.60. The SMILES string of the molecule is CC(F)(F)c1ccc(S(=O)(=O)n2nc([C@H]3CCC(F)(F)C3)c3c(Cl)cccc32)cc1. The Morgan fingerprint density at radius 2 is 1.83 bits per heavy atom. The minimum atomic E-state index is -4.27. The van der Waals surface area contributed by atoms with E-state index in [4.69, 9.17) is 11.6 Å². The van der Waals surface area contributed by atoms with Crippen LogP contribution in [-0.2, 0) is 15.9 Å². The molecule has 1 saturated carbocycles. The predicted molar refractivity (Wildman–Crippen MR) is 105 cm³/mol. The summed E-state index contributed by atoms with van der Waals surface area (Å²) in [6.07, 6.45) is -0.592. The van der Waals surface area contributed by atoms with Crippen LogP contribution in [0.4, 0.5) is 17.6 Å². The Morgan fingerprint density at radius 1 is 1.17 bits per heavy atom. The highest BCUT2D eigenvalue weighted by Crippen LogP contribution is 2.46. The third kappa shape index (κ3) is 3.58. The smallest absolute Gasteiger partial charge is 0.207 e. The van der Waals surface area contributed by atoms with Crippen molar-refractivity contribution in [1.29, 1.82) is 0 Å². The molecule has 1 aromatic heterocycles. The molecule has 30 heavy (non-hydrogen) atoms. The van der Waals surface area contributed by atoms with Gasteiger partial charge in [0.1, 0.15) is 0 Å². The summed E-state index contributed by atoms with van der Waals surface area (Å²) >= 11 is 6.27. The lowest BCUT2D eigenvalue weighted by atomic mass is 10.0. The summed E-state index contributed by atoms with van der Waals surface area (Å²) in [6, 6.07) is 8.77. The van der Waals surface area contributed by atoms with Crippen LogP contribution < -0.4 is 0 Å². The number of hydrogen-bond acceptors (Lipinski definition) is 3. The number of alkyl halides is 4. The first-order chi connectivity index (χ1) is 13.9. The van der Waals surface area contributed by atoms with Crippen molar-refractivity contribution < 1.29 is 26.0 Å². The Bertz CT molecular complexity index is 1220. The molecule has 0 N–H and O–H groups in total. The summed E-state index contributed by atoms with van der Waals surface area (Å²) in [5, 5.41) is 4.70. The molecule has 0 spiro atoms. The molecule has 0 bridgehead atoms. The molecule has 1 fully saturated rings. The number of benzene rings is 2. The van der Waals surface area contributed by atoms with Gasteiger partial charge in [-0.15, -0.1) is 0 Å². The van der Waals surface area contributed by atoms with E-state index in [9.17, 15) is 26.0 Å². The van der Waals surface area contributed by atoms with Crippen LogP contribution in [-0.4, -0.2) is 23.5 Å². The average Bonchev–Trinajstić information content (AvgIpc) is 3.22. The van der Waals surface area contributed by atoms with Crippen LogP contribution in [0, 0.1) is 0 Å². The Hall–Kier alpha value is -2.13. The van der Waals surface area contributed by atoms with E-state index >= 15 is 0 Å². The molecule has 1 atom stereocenters. The van der Waals surface area contributed by atoms with E-state index in [1.165, 1.54) is 18.2 Å². The van der Waals surface area contributed by atoms with Crippen molar-refractivity contribution in [3.63, 3.8) is 0 Å². The largest absolute Gasteiger partial charge is 0.283 e. The standard InChI is InChI=1S/C20H17ClF4N2O2S/c1-19(22,23)13-5-7-14(8-6-13)30(28,29)27-16-4-2-3-15(21)17(16)18(26-27)12-9-10-20(24,25)11-12/h2-8,12H,9-11H2,1H3/t12-/m0/s1. The van der Waals surface area contributed by atoms with E-state index in [0.29, 0.717) is 12.3 Å². The molecule has 1 aliphatic carbocycles. The lowest BCUT2D eigenvalue weighted by molar-refractivity contribution is 0.00764. The molecule has 0 radical (unpaired) electrons. The third-order valence-electron chi connectivity index (χ3n) is 5.33. The van der Waals surface area contributed by atoms with Gasteiger partial charge in [0.25, 0.3) is 15.9 Å². The van der Waals surface area contributed by atoms with E-state index in [1.54, 1.807) is 0 Å². The van der Waals surface area contributed by atoms with Crippen molar-refractivity contribution in [3.05, 3.63) is 58.7 Å². The first-order valence-corrected chi connectivity index (χ1v) is 11.0. The minimum Gasteiger partial charge on any atom is -0.207 e. The molecule has 3 aromatic rings. The molecule has 1 aliphatic rings. The van der Waals surface area contributed by atoms with Crippen molar-refractivity contribution in [2.45, 2.75) is 48.8 Å². The number of rotatable bonds is 4. The van der Waals surface area contributed by atoms with Crippen molar-refractivity contribution in [2.75, 3.05) is 0 Å². The Labute approximate surface area is 175 Å². The highest BCUT2D eigenvalue weighted by Gasteiger charge is 2.42. The fourth-order valence-electron chi connectivity index (χ4n) is 3.80. The fraction of sp³-hybridized carbons (Fsp3) is 0.350. The lowest BCUT2D eigenvalue weighted by Gasteiger charge is -2.11. The fourth-order valence-corrected chi connectivity index (χ4v) is 5.35. The topological polar surface area (TPSA) is 52.0 Å². The summed E-state index contributed by atoms with van der Waals surface area (Å²) in [6.45, 7) is 0.711. The van der Waals surface area contributed by atoms with Gasteiger partial charge in [-0.1, -0.05) is 29.8 Å². The molecular formula is C20H17ClF4N2O2S. The molecule has 0 unspecified atom stereocenters. The normalized spacial score (nSPS) is 19.5. The summed E-state index contributed by atoms with van der Waals surface area (Å²) in [5.41, 5.74) is 0.0226. The van der Waals surface area contributed by atoms with Crippen molar-refractivity contribution in [2.24, 2.45) is 0 Å². The van der Waals surface area contributed by atoms with Crippen molar-refractivity contribution in [3.8, 4) is 0 Å². The van der Waals surface area contributed by atoms with E-state index in [0.717, 1.165) is 28.4 Å². The minimum absolute atomic E-state index is 0.151. The van der Waals surface area contributed by atoms with Gasteiger partial charge in [-0.2, -0.15) is 17.6 Å². The Balaban J connectivity index is 1.86. The van der Waals surface area contributed by atoms with Gasteiger partial charge in [0.05, 0.1) is 21.1 Å². The zero-order chi connectivity index (χ0) is 21.9. The number of nitrogens with zero attached hydrogens (tertiary/aromatic N) is 2. The molecule has 10 heteroatoms. The predicted octanol–water partition coefficient (Wildman–Crippen LogP) is 5.94. The zero-order valence-corrected chi connectivity index (χ0v) is 17.3. The van der Waals surface area contributed by atoms with Crippen molar-refractivity contribution >= 4 is 32.5 Å². The number of hydrogen-bond donors (Lipinski definition) is 0. The van der Waals surface area contributed by atoms with Gasteiger partial charge in [0.2, 0.25) is 5.92 Å². The second-order valence-corrected chi connectivity index (χ2v) is 9.75. The molecule has 2 aromatic carbocycles. The number of halogens is 5. The number of fused-ring (bicyclic) bond motifs is 1. The van der Waals surface area contributed by atoms with Crippen LogP contribution in [0.1, 0.15) is 43.4 Å². The van der Waals surface area contributed by atoms with E-state index in [2.05, 4.69) is 5.10 Å². The Kier molecular flexibility index (Phi) is 4.89. The molecule has 0 aliphatic heterocycles. The Morgan fingerprint density at radius 3 is 2.40 bits per heavy atom. The molecule has 0 saturated heterocycles. The van der Waals surface area contributed by atoms with Gasteiger partial charge in [0.15, 0.2) is 0 Å². The van der Waals surface area contributed by atoms with E-state index in [1.807, 2.05) is 0 Å². The summed E-state index contributed by atoms with van der Waals surface area (Å²) in [4.78, 5) is -0.247. The maximum atomic E-state index is 13.8.